The van der Waals surface area contributed by atoms with E-state index in [4.69, 9.17) is 4.74 Å². The van der Waals surface area contributed by atoms with Crippen molar-refractivity contribution in [1.82, 2.24) is 10.3 Å². The van der Waals surface area contributed by atoms with E-state index in [1.165, 1.54) is 4.70 Å². The Morgan fingerprint density at radius 2 is 2.00 bits per heavy atom. The fourth-order valence-electron chi connectivity index (χ4n) is 2.18. The Kier molecular flexibility index (Phi) is 5.72. The van der Waals surface area contributed by atoms with E-state index in [9.17, 15) is 4.79 Å². The lowest BCUT2D eigenvalue weighted by atomic mass is 10.2. The number of hydrogen-bond donors (Lipinski definition) is 1. The molecule has 4 nitrogen and oxygen atoms in total. The zero-order valence-electron chi connectivity index (χ0n) is 13.3. The van der Waals surface area contributed by atoms with E-state index in [0.717, 1.165) is 26.9 Å². The highest BCUT2D eigenvalue weighted by atomic mass is 32.2. The van der Waals surface area contributed by atoms with Gasteiger partial charge in [0, 0.05) is 18.7 Å². The fraction of sp³-hybridized carbons (Fsp3) is 0.222. The Bertz CT molecular complexity index is 782. The summed E-state index contributed by atoms with van der Waals surface area (Å²) in [4.78, 5) is 16.5. The third-order valence-corrected chi connectivity index (χ3v) is 5.66. The van der Waals surface area contributed by atoms with Crippen molar-refractivity contribution in [3.63, 3.8) is 0 Å². The van der Waals surface area contributed by atoms with Crippen LogP contribution < -0.4 is 10.1 Å². The zero-order valence-corrected chi connectivity index (χ0v) is 15.0. The van der Waals surface area contributed by atoms with Crippen molar-refractivity contribution in [2.75, 3.05) is 12.9 Å². The van der Waals surface area contributed by atoms with Gasteiger partial charge in [0.2, 0.25) is 5.91 Å². The number of para-hydroxylation sites is 1. The number of hydrogen-bond acceptors (Lipinski definition) is 5. The van der Waals surface area contributed by atoms with Crippen molar-refractivity contribution in [2.24, 2.45) is 0 Å². The van der Waals surface area contributed by atoms with E-state index in [0.29, 0.717) is 13.0 Å². The molecule has 0 saturated heterocycles. The van der Waals surface area contributed by atoms with Crippen LogP contribution >= 0.6 is 23.1 Å². The molecule has 0 aliphatic carbocycles. The molecule has 1 aromatic heterocycles. The van der Waals surface area contributed by atoms with Crippen molar-refractivity contribution >= 4 is 39.2 Å². The molecule has 0 bridgehead atoms. The highest BCUT2D eigenvalue weighted by Gasteiger charge is 2.06. The molecular formula is C18H18N2O2S2. The summed E-state index contributed by atoms with van der Waals surface area (Å²) in [6.07, 6.45) is 0.483. The molecule has 0 unspecified atom stereocenters. The summed E-state index contributed by atoms with van der Waals surface area (Å²) in [6.45, 7) is 0.536. The average Bonchev–Trinajstić information content (AvgIpc) is 3.03. The van der Waals surface area contributed by atoms with Gasteiger partial charge in [0.05, 0.1) is 17.3 Å². The third kappa shape index (κ3) is 4.49. The van der Waals surface area contributed by atoms with Crippen molar-refractivity contribution in [1.29, 1.82) is 0 Å². The number of benzene rings is 2. The maximum atomic E-state index is 11.9. The lowest BCUT2D eigenvalue weighted by Crippen LogP contribution is -2.22. The first-order chi connectivity index (χ1) is 11.7. The summed E-state index contributed by atoms with van der Waals surface area (Å²) in [5.74, 6) is 1.60. The minimum Gasteiger partial charge on any atom is -0.497 e. The molecule has 1 heterocycles. The molecule has 1 amide bonds. The molecule has 3 rings (SSSR count). The molecule has 3 aromatic rings. The molecule has 6 heteroatoms. The van der Waals surface area contributed by atoms with Gasteiger partial charge in [0.15, 0.2) is 4.34 Å². The summed E-state index contributed by atoms with van der Waals surface area (Å²) >= 11 is 3.30. The van der Waals surface area contributed by atoms with Crippen LogP contribution in [-0.2, 0) is 11.3 Å². The van der Waals surface area contributed by atoms with Gasteiger partial charge >= 0.3 is 0 Å². The van der Waals surface area contributed by atoms with Gasteiger partial charge in [-0.2, -0.15) is 0 Å². The topological polar surface area (TPSA) is 51.2 Å². The number of carbonyl (C=O) groups excluding carboxylic acids is 1. The van der Waals surface area contributed by atoms with Crippen LogP contribution in [0.5, 0.6) is 5.75 Å². The van der Waals surface area contributed by atoms with Gasteiger partial charge in [0.25, 0.3) is 0 Å². The first-order valence-corrected chi connectivity index (χ1v) is 9.43. The van der Waals surface area contributed by atoms with E-state index in [1.807, 2.05) is 42.5 Å². The van der Waals surface area contributed by atoms with Crippen LogP contribution in [0.15, 0.2) is 52.9 Å². The summed E-state index contributed by atoms with van der Waals surface area (Å²) in [6, 6.07) is 15.8. The average molecular weight is 358 g/mol. The molecule has 0 aliphatic heterocycles. The van der Waals surface area contributed by atoms with Gasteiger partial charge in [-0.05, 0) is 29.8 Å². The summed E-state index contributed by atoms with van der Waals surface area (Å²) < 4.78 is 7.31. The molecule has 2 aromatic carbocycles. The van der Waals surface area contributed by atoms with Crippen molar-refractivity contribution < 1.29 is 9.53 Å². The predicted octanol–water partition coefficient (Wildman–Crippen LogP) is 4.10. The van der Waals surface area contributed by atoms with E-state index in [1.54, 1.807) is 30.2 Å². The molecule has 0 radical (unpaired) electrons. The van der Waals surface area contributed by atoms with Crippen LogP contribution in [0.3, 0.4) is 0 Å². The second kappa shape index (κ2) is 8.17. The minimum absolute atomic E-state index is 0.0550. The summed E-state index contributed by atoms with van der Waals surface area (Å²) in [5.41, 5.74) is 2.08. The summed E-state index contributed by atoms with van der Waals surface area (Å²) in [7, 11) is 1.64. The number of thiazole rings is 1. The molecular weight excluding hydrogens is 340 g/mol. The maximum absolute atomic E-state index is 11.9. The van der Waals surface area contributed by atoms with Gasteiger partial charge in [-0.1, -0.05) is 36.0 Å². The van der Waals surface area contributed by atoms with E-state index < -0.39 is 0 Å². The molecule has 0 aliphatic rings. The predicted molar refractivity (Wildman–Crippen MR) is 99.8 cm³/mol. The molecule has 0 saturated carbocycles. The maximum Gasteiger partial charge on any atom is 0.221 e. The number of nitrogens with zero attached hydrogens (tertiary/aromatic N) is 1. The number of rotatable bonds is 7. The number of methoxy groups -OCH3 is 1. The van der Waals surface area contributed by atoms with Crippen LogP contribution in [0.4, 0.5) is 0 Å². The largest absolute Gasteiger partial charge is 0.497 e. The lowest BCUT2D eigenvalue weighted by molar-refractivity contribution is -0.120. The van der Waals surface area contributed by atoms with Crippen LogP contribution in [0.1, 0.15) is 12.0 Å². The van der Waals surface area contributed by atoms with Crippen LogP contribution in [-0.4, -0.2) is 23.8 Å². The quantitative estimate of drug-likeness (QED) is 0.646. The third-order valence-electron chi connectivity index (χ3n) is 3.48. The second-order valence-corrected chi connectivity index (χ2v) is 7.54. The van der Waals surface area contributed by atoms with Gasteiger partial charge in [0.1, 0.15) is 5.75 Å². The number of fused-ring (bicyclic) bond motifs is 1. The number of aromatic nitrogens is 1. The number of amides is 1. The van der Waals surface area contributed by atoms with Crippen LogP contribution in [0.25, 0.3) is 10.2 Å². The van der Waals surface area contributed by atoms with Crippen LogP contribution in [0.2, 0.25) is 0 Å². The van der Waals surface area contributed by atoms with Crippen LogP contribution in [0, 0.1) is 0 Å². The van der Waals surface area contributed by atoms with E-state index >= 15 is 0 Å². The Morgan fingerprint density at radius 3 is 2.75 bits per heavy atom. The molecule has 124 valence electrons. The normalized spacial score (nSPS) is 10.7. The monoisotopic (exact) mass is 358 g/mol. The Hall–Kier alpha value is -2.05. The van der Waals surface area contributed by atoms with Gasteiger partial charge < -0.3 is 10.1 Å². The number of thioether (sulfide) groups is 1. The Balaban J connectivity index is 1.41. The number of nitrogens with one attached hydrogen (secondary N) is 1. The number of ether oxygens (including phenoxy) is 1. The highest BCUT2D eigenvalue weighted by molar-refractivity contribution is 8.01. The lowest BCUT2D eigenvalue weighted by Gasteiger charge is -2.06. The zero-order chi connectivity index (χ0) is 16.8. The van der Waals surface area contributed by atoms with Crippen molar-refractivity contribution in [2.45, 2.75) is 17.3 Å². The van der Waals surface area contributed by atoms with Gasteiger partial charge in [-0.15, -0.1) is 11.3 Å². The first kappa shape index (κ1) is 16.8. The van der Waals surface area contributed by atoms with E-state index in [2.05, 4.69) is 16.4 Å². The minimum atomic E-state index is 0.0550. The first-order valence-electron chi connectivity index (χ1n) is 7.62. The molecule has 0 spiro atoms. The number of carbonyl (C=O) groups is 1. The second-order valence-electron chi connectivity index (χ2n) is 5.17. The molecule has 0 fully saturated rings. The van der Waals surface area contributed by atoms with E-state index in [-0.39, 0.29) is 5.91 Å². The fourth-order valence-corrected chi connectivity index (χ4v) is 4.25. The Labute approximate surface area is 149 Å². The van der Waals surface area contributed by atoms with Gasteiger partial charge in [-0.25, -0.2) is 4.98 Å². The molecule has 0 atom stereocenters. The molecule has 1 N–H and O–H groups in total. The smallest absolute Gasteiger partial charge is 0.221 e. The Morgan fingerprint density at radius 1 is 1.21 bits per heavy atom. The highest BCUT2D eigenvalue weighted by Crippen LogP contribution is 2.29. The van der Waals surface area contributed by atoms with Gasteiger partial charge in [-0.3, -0.25) is 4.79 Å². The van der Waals surface area contributed by atoms with Crippen molar-refractivity contribution in [3.8, 4) is 5.75 Å². The van der Waals surface area contributed by atoms with Crippen molar-refractivity contribution in [3.05, 3.63) is 54.1 Å². The summed E-state index contributed by atoms with van der Waals surface area (Å²) in [5, 5.41) is 2.94. The SMILES string of the molecule is COc1ccc(CNC(=O)CCSc2nc3ccccc3s2)cc1. The molecule has 24 heavy (non-hydrogen) atoms. The standard InChI is InChI=1S/C18H18N2O2S2/c1-22-14-8-6-13(7-9-14)12-19-17(21)10-11-23-18-20-15-4-2-3-5-16(15)24-18/h2-9H,10-12H2,1H3,(H,19,21).